The van der Waals surface area contributed by atoms with Gasteiger partial charge < -0.3 is 5.32 Å². The van der Waals surface area contributed by atoms with Crippen LogP contribution in [0.3, 0.4) is 0 Å². The summed E-state index contributed by atoms with van der Waals surface area (Å²) in [6.45, 7) is 0.849. The molecule has 0 heterocycles. The van der Waals surface area contributed by atoms with E-state index in [4.69, 9.17) is 0 Å². The Labute approximate surface area is 89.1 Å². The Morgan fingerprint density at radius 1 is 1.29 bits per heavy atom. The fraction of sp³-hybridized carbons (Fsp3) is 0.455. The van der Waals surface area contributed by atoms with Crippen molar-refractivity contribution in [2.75, 3.05) is 23.9 Å². The van der Waals surface area contributed by atoms with Gasteiger partial charge in [-0.2, -0.15) is 11.8 Å². The second-order valence-electron chi connectivity index (χ2n) is 3.11. The first-order chi connectivity index (χ1) is 6.84. The number of unbranched alkanes of at least 4 members (excludes halogenated alkanes) is 1. The minimum Gasteiger partial charge on any atom is -0.383 e. The maximum atomic E-state index is 13.1. The standard InChI is InChI=1S/C11H16FNS/c1-14-9-5-4-8-13-11-7-3-2-6-10(11)12/h2-3,6-7,13H,4-5,8-9H2,1H3. The van der Waals surface area contributed by atoms with Gasteiger partial charge in [-0.15, -0.1) is 0 Å². The first kappa shape index (κ1) is 11.4. The maximum absolute atomic E-state index is 13.1. The molecule has 1 aromatic rings. The fourth-order valence-electron chi connectivity index (χ4n) is 1.20. The van der Waals surface area contributed by atoms with Crippen LogP contribution in [-0.4, -0.2) is 18.6 Å². The molecule has 0 saturated carbocycles. The van der Waals surface area contributed by atoms with E-state index in [2.05, 4.69) is 11.6 Å². The highest BCUT2D eigenvalue weighted by molar-refractivity contribution is 7.98. The summed E-state index contributed by atoms with van der Waals surface area (Å²) in [6.07, 6.45) is 4.38. The Bertz CT molecular complexity index is 265. The van der Waals surface area contributed by atoms with Gasteiger partial charge in [0.05, 0.1) is 5.69 Å². The Morgan fingerprint density at radius 2 is 2.07 bits per heavy atom. The van der Waals surface area contributed by atoms with E-state index in [0.717, 1.165) is 13.0 Å². The summed E-state index contributed by atoms with van der Waals surface area (Å²) in [5.41, 5.74) is 0.608. The SMILES string of the molecule is CSCCCCNc1ccccc1F. The average Bonchev–Trinajstić information content (AvgIpc) is 2.20. The highest BCUT2D eigenvalue weighted by Crippen LogP contribution is 2.12. The molecule has 3 heteroatoms. The lowest BCUT2D eigenvalue weighted by Crippen LogP contribution is -2.03. The number of thioether (sulfide) groups is 1. The first-order valence-electron chi connectivity index (χ1n) is 4.82. The van der Waals surface area contributed by atoms with Crippen LogP contribution in [0.25, 0.3) is 0 Å². The quantitative estimate of drug-likeness (QED) is 0.727. The van der Waals surface area contributed by atoms with Crippen LogP contribution in [0.15, 0.2) is 24.3 Å². The first-order valence-corrected chi connectivity index (χ1v) is 6.21. The van der Waals surface area contributed by atoms with Crippen molar-refractivity contribution < 1.29 is 4.39 Å². The highest BCUT2D eigenvalue weighted by atomic mass is 32.2. The number of halogens is 1. The number of rotatable bonds is 6. The molecule has 0 fully saturated rings. The summed E-state index contributed by atoms with van der Waals surface area (Å²) in [7, 11) is 0. The van der Waals surface area contributed by atoms with Crippen LogP contribution < -0.4 is 5.32 Å². The Morgan fingerprint density at radius 3 is 2.79 bits per heavy atom. The summed E-state index contributed by atoms with van der Waals surface area (Å²) in [5, 5.41) is 3.09. The monoisotopic (exact) mass is 213 g/mol. The molecule has 0 radical (unpaired) electrons. The van der Waals surface area contributed by atoms with Crippen molar-refractivity contribution in [3.8, 4) is 0 Å². The summed E-state index contributed by atoms with van der Waals surface area (Å²) in [4.78, 5) is 0. The fourth-order valence-corrected chi connectivity index (χ4v) is 1.69. The molecule has 0 aliphatic carbocycles. The third-order valence-corrected chi connectivity index (χ3v) is 2.66. The van der Waals surface area contributed by atoms with Crippen LogP contribution in [0.5, 0.6) is 0 Å². The van der Waals surface area contributed by atoms with E-state index in [1.165, 1.54) is 18.2 Å². The molecule has 0 saturated heterocycles. The highest BCUT2D eigenvalue weighted by Gasteiger charge is 1.97. The lowest BCUT2D eigenvalue weighted by Gasteiger charge is -2.06. The van der Waals surface area contributed by atoms with E-state index >= 15 is 0 Å². The Kier molecular flexibility index (Phi) is 5.45. The van der Waals surface area contributed by atoms with Crippen LogP contribution in [0.4, 0.5) is 10.1 Å². The molecule has 0 spiro atoms. The number of hydrogen-bond acceptors (Lipinski definition) is 2. The lowest BCUT2D eigenvalue weighted by atomic mass is 10.3. The number of anilines is 1. The number of benzene rings is 1. The van der Waals surface area contributed by atoms with Crippen molar-refractivity contribution in [3.05, 3.63) is 30.1 Å². The molecular formula is C11H16FNS. The minimum absolute atomic E-state index is 0.169. The van der Waals surface area contributed by atoms with Gasteiger partial charge in [-0.3, -0.25) is 0 Å². The van der Waals surface area contributed by atoms with Crippen LogP contribution in [0.2, 0.25) is 0 Å². The molecule has 0 aliphatic rings. The predicted molar refractivity (Wildman–Crippen MR) is 62.5 cm³/mol. The van der Waals surface area contributed by atoms with Gasteiger partial charge in [0.2, 0.25) is 0 Å². The molecule has 0 aromatic heterocycles. The molecule has 1 aromatic carbocycles. The molecule has 1 N–H and O–H groups in total. The van der Waals surface area contributed by atoms with Crippen molar-refractivity contribution in [1.82, 2.24) is 0 Å². The molecule has 1 rings (SSSR count). The lowest BCUT2D eigenvalue weighted by molar-refractivity contribution is 0.629. The van der Waals surface area contributed by atoms with Gasteiger partial charge >= 0.3 is 0 Å². The minimum atomic E-state index is -0.169. The second-order valence-corrected chi connectivity index (χ2v) is 4.09. The average molecular weight is 213 g/mol. The van der Waals surface area contributed by atoms with Crippen molar-refractivity contribution in [2.45, 2.75) is 12.8 Å². The maximum Gasteiger partial charge on any atom is 0.146 e. The zero-order valence-corrected chi connectivity index (χ0v) is 9.24. The van der Waals surface area contributed by atoms with Gasteiger partial charge in [0.15, 0.2) is 0 Å². The molecule has 1 nitrogen and oxygen atoms in total. The van der Waals surface area contributed by atoms with Crippen LogP contribution in [0, 0.1) is 5.82 Å². The Balaban J connectivity index is 2.21. The summed E-state index contributed by atoms with van der Waals surface area (Å²) >= 11 is 1.85. The van der Waals surface area contributed by atoms with Crippen LogP contribution in [0.1, 0.15) is 12.8 Å². The molecule has 0 bridgehead atoms. The van der Waals surface area contributed by atoms with Crippen molar-refractivity contribution in [1.29, 1.82) is 0 Å². The topological polar surface area (TPSA) is 12.0 Å². The third kappa shape index (κ3) is 4.01. The van der Waals surface area contributed by atoms with E-state index in [0.29, 0.717) is 5.69 Å². The van der Waals surface area contributed by atoms with E-state index in [-0.39, 0.29) is 5.82 Å². The molecule has 0 aliphatic heterocycles. The van der Waals surface area contributed by atoms with Crippen LogP contribution >= 0.6 is 11.8 Å². The van der Waals surface area contributed by atoms with E-state index < -0.39 is 0 Å². The molecule has 0 atom stereocenters. The number of para-hydroxylation sites is 1. The molecular weight excluding hydrogens is 197 g/mol. The molecule has 0 unspecified atom stereocenters. The molecule has 14 heavy (non-hydrogen) atoms. The van der Waals surface area contributed by atoms with Crippen molar-refractivity contribution >= 4 is 17.4 Å². The van der Waals surface area contributed by atoms with Crippen molar-refractivity contribution in [3.63, 3.8) is 0 Å². The molecule has 0 amide bonds. The smallest absolute Gasteiger partial charge is 0.146 e. The van der Waals surface area contributed by atoms with Gasteiger partial charge in [-0.05, 0) is 37.0 Å². The zero-order chi connectivity index (χ0) is 10.2. The van der Waals surface area contributed by atoms with E-state index in [9.17, 15) is 4.39 Å². The van der Waals surface area contributed by atoms with Gasteiger partial charge in [-0.25, -0.2) is 4.39 Å². The van der Waals surface area contributed by atoms with Gasteiger partial charge in [0, 0.05) is 6.54 Å². The van der Waals surface area contributed by atoms with E-state index in [1.807, 2.05) is 17.8 Å². The van der Waals surface area contributed by atoms with Crippen LogP contribution in [-0.2, 0) is 0 Å². The third-order valence-electron chi connectivity index (χ3n) is 1.96. The van der Waals surface area contributed by atoms with Crippen molar-refractivity contribution in [2.24, 2.45) is 0 Å². The number of hydrogen-bond donors (Lipinski definition) is 1. The largest absolute Gasteiger partial charge is 0.383 e. The van der Waals surface area contributed by atoms with Gasteiger partial charge in [-0.1, -0.05) is 12.1 Å². The van der Waals surface area contributed by atoms with E-state index in [1.54, 1.807) is 12.1 Å². The summed E-state index contributed by atoms with van der Waals surface area (Å²) in [5.74, 6) is 1.01. The summed E-state index contributed by atoms with van der Waals surface area (Å²) in [6, 6.07) is 6.79. The van der Waals surface area contributed by atoms with Gasteiger partial charge in [0.1, 0.15) is 5.82 Å². The number of nitrogens with one attached hydrogen (secondary N) is 1. The zero-order valence-electron chi connectivity index (χ0n) is 8.42. The molecule has 78 valence electrons. The predicted octanol–water partition coefficient (Wildman–Crippen LogP) is 3.38. The summed E-state index contributed by atoms with van der Waals surface area (Å²) < 4.78 is 13.1. The second kappa shape index (κ2) is 6.71. The van der Waals surface area contributed by atoms with Gasteiger partial charge in [0.25, 0.3) is 0 Å². The normalized spacial score (nSPS) is 10.1. The Hall–Kier alpha value is -0.700.